The molecule has 5 nitrogen and oxygen atoms in total. The van der Waals surface area contributed by atoms with E-state index in [2.05, 4.69) is 4.72 Å². The highest BCUT2D eigenvalue weighted by Gasteiger charge is 2.25. The average Bonchev–Trinajstić information content (AvgIpc) is 2.40. The number of nitrogen functional groups attached to an aromatic ring is 1. The second-order valence-electron chi connectivity index (χ2n) is 5.94. The van der Waals surface area contributed by atoms with Gasteiger partial charge in [0.15, 0.2) is 0 Å². The van der Waals surface area contributed by atoms with E-state index in [1.165, 1.54) is 25.3 Å². The molecule has 1 fully saturated rings. The molecule has 3 N–H and O–H groups in total. The molecule has 0 saturated heterocycles. The molecule has 0 aromatic heterocycles. The summed E-state index contributed by atoms with van der Waals surface area (Å²) in [5.74, 6) is 1.16. The van der Waals surface area contributed by atoms with Crippen molar-refractivity contribution in [1.29, 1.82) is 0 Å². The third-order valence-corrected chi connectivity index (χ3v) is 5.82. The molecule has 0 radical (unpaired) electrons. The van der Waals surface area contributed by atoms with Gasteiger partial charge in [0.1, 0.15) is 10.6 Å². The summed E-state index contributed by atoms with van der Waals surface area (Å²) in [4.78, 5) is 0.186. The number of aryl methyl sites for hydroxylation is 1. The molecule has 21 heavy (non-hydrogen) atoms. The molecule has 0 unspecified atom stereocenters. The summed E-state index contributed by atoms with van der Waals surface area (Å²) in [6, 6.07) is 3.30. The Balaban J connectivity index is 1.78. The first kappa shape index (κ1) is 14.7. The number of nitrogens with two attached hydrogens (primary N) is 1. The maximum absolute atomic E-state index is 12.5. The van der Waals surface area contributed by atoms with E-state index in [9.17, 15) is 8.42 Å². The fraction of sp³-hybridized carbons (Fsp3) is 0.600. The Morgan fingerprint density at radius 2 is 2.10 bits per heavy atom. The molecule has 1 aromatic rings. The number of hydrogen-bond acceptors (Lipinski definition) is 4. The average molecular weight is 310 g/mol. The van der Waals surface area contributed by atoms with Gasteiger partial charge in [0.2, 0.25) is 10.0 Å². The summed E-state index contributed by atoms with van der Waals surface area (Å²) in [7, 11) is -3.56. The standard InChI is InChI=1S/C15H22N2O3S/c16-13-9-12-5-2-8-20-15(12)14(10-13)21(18,19)17-7-6-11-3-1-4-11/h9-11,17H,1-8,16H2. The smallest absolute Gasteiger partial charge is 0.244 e. The number of nitrogens with one attached hydrogen (secondary N) is 1. The molecule has 0 bridgehead atoms. The van der Waals surface area contributed by atoms with Crippen LogP contribution in [0, 0.1) is 5.92 Å². The molecule has 1 aliphatic carbocycles. The molecular weight excluding hydrogens is 288 g/mol. The lowest BCUT2D eigenvalue weighted by molar-refractivity contribution is 0.280. The highest BCUT2D eigenvalue weighted by atomic mass is 32.2. The Hall–Kier alpha value is -1.27. The van der Waals surface area contributed by atoms with E-state index < -0.39 is 10.0 Å². The second kappa shape index (κ2) is 5.85. The van der Waals surface area contributed by atoms with E-state index in [0.717, 1.165) is 24.8 Å². The molecule has 3 rings (SSSR count). The van der Waals surface area contributed by atoms with Crippen molar-refractivity contribution in [1.82, 2.24) is 4.72 Å². The predicted octanol–water partition coefficient (Wildman–Crippen LogP) is 2.06. The SMILES string of the molecule is Nc1cc2c(c(S(=O)(=O)NCCC3CCC3)c1)OCCC2. The van der Waals surface area contributed by atoms with E-state index in [-0.39, 0.29) is 4.90 Å². The first-order chi connectivity index (χ1) is 10.1. The van der Waals surface area contributed by atoms with Crippen LogP contribution in [0.25, 0.3) is 0 Å². The zero-order chi connectivity index (χ0) is 14.9. The normalized spacial score (nSPS) is 18.7. The minimum atomic E-state index is -3.56. The molecule has 1 aromatic carbocycles. The molecule has 0 atom stereocenters. The van der Waals surface area contributed by atoms with Crippen LogP contribution >= 0.6 is 0 Å². The largest absolute Gasteiger partial charge is 0.492 e. The van der Waals surface area contributed by atoms with Crippen LogP contribution in [0.15, 0.2) is 17.0 Å². The number of anilines is 1. The van der Waals surface area contributed by atoms with Crippen molar-refractivity contribution in [2.24, 2.45) is 5.92 Å². The topological polar surface area (TPSA) is 81.4 Å². The number of sulfonamides is 1. The van der Waals surface area contributed by atoms with Gasteiger partial charge in [-0.1, -0.05) is 19.3 Å². The van der Waals surface area contributed by atoms with Crippen molar-refractivity contribution in [3.63, 3.8) is 0 Å². The minimum absolute atomic E-state index is 0.186. The maximum Gasteiger partial charge on any atom is 0.244 e. The number of rotatable bonds is 5. The summed E-state index contributed by atoms with van der Waals surface area (Å²) in [5, 5.41) is 0. The van der Waals surface area contributed by atoms with Crippen LogP contribution in [0.2, 0.25) is 0 Å². The summed E-state index contributed by atoms with van der Waals surface area (Å²) in [6.07, 6.45) is 6.33. The van der Waals surface area contributed by atoms with Crippen LogP contribution in [0.1, 0.15) is 37.7 Å². The highest BCUT2D eigenvalue weighted by molar-refractivity contribution is 7.89. The van der Waals surface area contributed by atoms with Crippen molar-refractivity contribution in [3.8, 4) is 5.75 Å². The van der Waals surface area contributed by atoms with Crippen molar-refractivity contribution in [2.75, 3.05) is 18.9 Å². The Morgan fingerprint density at radius 3 is 2.81 bits per heavy atom. The first-order valence-electron chi connectivity index (χ1n) is 7.61. The molecule has 2 aliphatic rings. The maximum atomic E-state index is 12.5. The van der Waals surface area contributed by atoms with Gasteiger partial charge in [-0.2, -0.15) is 0 Å². The molecule has 116 valence electrons. The van der Waals surface area contributed by atoms with E-state index in [1.54, 1.807) is 0 Å². The van der Waals surface area contributed by atoms with E-state index >= 15 is 0 Å². The molecular formula is C15H22N2O3S. The van der Waals surface area contributed by atoms with Gasteiger partial charge in [-0.25, -0.2) is 13.1 Å². The minimum Gasteiger partial charge on any atom is -0.492 e. The Bertz CT molecular complexity index is 624. The monoisotopic (exact) mass is 310 g/mol. The van der Waals surface area contributed by atoms with Crippen molar-refractivity contribution < 1.29 is 13.2 Å². The molecule has 1 aliphatic heterocycles. The quantitative estimate of drug-likeness (QED) is 0.816. The summed E-state index contributed by atoms with van der Waals surface area (Å²) < 4.78 is 33.3. The lowest BCUT2D eigenvalue weighted by Crippen LogP contribution is -2.28. The molecule has 6 heteroatoms. The molecule has 0 spiro atoms. The van der Waals surface area contributed by atoms with E-state index in [1.807, 2.05) is 6.07 Å². The summed E-state index contributed by atoms with van der Waals surface area (Å²) in [6.45, 7) is 1.04. The van der Waals surface area contributed by atoms with Gasteiger partial charge in [0, 0.05) is 12.2 Å². The molecule has 1 saturated carbocycles. The number of ether oxygens (including phenoxy) is 1. The van der Waals surface area contributed by atoms with Crippen LogP contribution in [-0.2, 0) is 16.4 Å². The van der Waals surface area contributed by atoms with Crippen LogP contribution in [0.5, 0.6) is 5.75 Å². The van der Waals surface area contributed by atoms with Gasteiger partial charge in [0.25, 0.3) is 0 Å². The Morgan fingerprint density at radius 1 is 1.29 bits per heavy atom. The Labute approximate surface area is 125 Å². The highest BCUT2D eigenvalue weighted by Crippen LogP contribution is 2.34. The summed E-state index contributed by atoms with van der Waals surface area (Å²) >= 11 is 0. The fourth-order valence-corrected chi connectivity index (χ4v) is 4.19. The third-order valence-electron chi connectivity index (χ3n) is 4.35. The predicted molar refractivity (Wildman–Crippen MR) is 81.8 cm³/mol. The van der Waals surface area contributed by atoms with Crippen molar-refractivity contribution in [2.45, 2.75) is 43.4 Å². The third kappa shape index (κ3) is 3.16. The first-order valence-corrected chi connectivity index (χ1v) is 9.09. The van der Waals surface area contributed by atoms with Crippen LogP contribution in [-0.4, -0.2) is 21.6 Å². The van der Waals surface area contributed by atoms with Crippen LogP contribution in [0.3, 0.4) is 0 Å². The van der Waals surface area contributed by atoms with Gasteiger partial charge >= 0.3 is 0 Å². The van der Waals surface area contributed by atoms with Crippen molar-refractivity contribution >= 4 is 15.7 Å². The lowest BCUT2D eigenvalue weighted by Gasteiger charge is -2.25. The Kier molecular flexibility index (Phi) is 4.08. The van der Waals surface area contributed by atoms with Crippen molar-refractivity contribution in [3.05, 3.63) is 17.7 Å². The molecule has 1 heterocycles. The van der Waals surface area contributed by atoms with E-state index in [0.29, 0.717) is 30.5 Å². The van der Waals surface area contributed by atoms with Gasteiger partial charge in [-0.15, -0.1) is 0 Å². The zero-order valence-electron chi connectivity index (χ0n) is 12.1. The molecule has 0 amide bonds. The van der Waals surface area contributed by atoms with Gasteiger partial charge in [-0.05, 0) is 42.9 Å². The number of hydrogen-bond donors (Lipinski definition) is 2. The second-order valence-corrected chi connectivity index (χ2v) is 7.68. The summed E-state index contributed by atoms with van der Waals surface area (Å²) in [5.41, 5.74) is 7.20. The van der Waals surface area contributed by atoms with Crippen LogP contribution < -0.4 is 15.2 Å². The van der Waals surface area contributed by atoms with E-state index in [4.69, 9.17) is 10.5 Å². The lowest BCUT2D eigenvalue weighted by atomic mass is 9.83. The van der Waals surface area contributed by atoms with Gasteiger partial charge in [-0.3, -0.25) is 0 Å². The van der Waals surface area contributed by atoms with Gasteiger partial charge in [0.05, 0.1) is 6.61 Å². The van der Waals surface area contributed by atoms with Crippen LogP contribution in [0.4, 0.5) is 5.69 Å². The zero-order valence-corrected chi connectivity index (χ0v) is 12.9. The number of benzene rings is 1. The van der Waals surface area contributed by atoms with Gasteiger partial charge < -0.3 is 10.5 Å². The number of fused-ring (bicyclic) bond motifs is 1. The fourth-order valence-electron chi connectivity index (χ4n) is 2.93.